The number of halogens is 1. The molecule has 0 bridgehead atoms. The number of aromatic nitrogens is 3. The van der Waals surface area contributed by atoms with Crippen LogP contribution in [0.25, 0.3) is 17.0 Å². The monoisotopic (exact) mass is 377 g/mol. The van der Waals surface area contributed by atoms with E-state index < -0.39 is 0 Å². The van der Waals surface area contributed by atoms with Crippen molar-refractivity contribution in [3.05, 3.63) is 77.7 Å². The summed E-state index contributed by atoms with van der Waals surface area (Å²) in [5.74, 6) is 0.639. The van der Waals surface area contributed by atoms with Crippen molar-refractivity contribution < 1.29 is 4.79 Å². The van der Waals surface area contributed by atoms with Gasteiger partial charge in [-0.1, -0.05) is 35.9 Å². The Balaban J connectivity index is 1.58. The lowest BCUT2D eigenvalue weighted by Crippen LogP contribution is -2.19. The van der Waals surface area contributed by atoms with Crippen LogP contribution in [-0.4, -0.2) is 20.4 Å². The number of hydrogen-bond acceptors (Lipinski definition) is 3. The predicted molar refractivity (Wildman–Crippen MR) is 107 cm³/mol. The van der Waals surface area contributed by atoms with Gasteiger partial charge < -0.3 is 10.6 Å². The quantitative estimate of drug-likeness (QED) is 0.527. The third-order valence-corrected chi connectivity index (χ3v) is 4.49. The number of carbonyl (C=O) groups is 1. The number of aryl methyl sites for hydroxylation is 1. The average molecular weight is 378 g/mol. The summed E-state index contributed by atoms with van der Waals surface area (Å²) in [6.45, 7) is 1.99. The maximum atomic E-state index is 12.3. The van der Waals surface area contributed by atoms with E-state index >= 15 is 0 Å². The molecular weight excluding hydrogens is 362 g/mol. The Morgan fingerprint density at radius 2 is 1.93 bits per heavy atom. The number of imidazole rings is 1. The molecule has 0 saturated carbocycles. The van der Waals surface area contributed by atoms with Crippen LogP contribution in [0.15, 0.2) is 67.0 Å². The molecule has 0 unspecified atom stereocenters. The Bertz CT molecular complexity index is 1140. The van der Waals surface area contributed by atoms with E-state index in [0.717, 1.165) is 17.0 Å². The molecule has 0 aliphatic rings. The molecule has 0 aliphatic heterocycles. The Hall–Kier alpha value is -3.38. The average Bonchev–Trinajstić information content (AvgIpc) is 3.01. The molecule has 4 rings (SSSR count). The maximum Gasteiger partial charge on any atom is 0.323 e. The van der Waals surface area contributed by atoms with Gasteiger partial charge in [-0.25, -0.2) is 14.8 Å². The molecule has 0 fully saturated rings. The summed E-state index contributed by atoms with van der Waals surface area (Å²) in [5.41, 5.74) is 3.91. The van der Waals surface area contributed by atoms with Crippen molar-refractivity contribution >= 4 is 34.8 Å². The molecule has 0 saturated heterocycles. The van der Waals surface area contributed by atoms with E-state index in [-0.39, 0.29) is 6.03 Å². The maximum absolute atomic E-state index is 12.3. The fraction of sp³-hybridized carbons (Fsp3) is 0.0500. The van der Waals surface area contributed by atoms with Gasteiger partial charge >= 0.3 is 6.03 Å². The third-order valence-electron chi connectivity index (χ3n) is 4.16. The summed E-state index contributed by atoms with van der Waals surface area (Å²) in [6.07, 6.45) is 3.63. The Morgan fingerprint density at radius 1 is 1.07 bits per heavy atom. The van der Waals surface area contributed by atoms with Crippen LogP contribution < -0.4 is 10.6 Å². The van der Waals surface area contributed by atoms with Gasteiger partial charge in [0.25, 0.3) is 0 Å². The van der Waals surface area contributed by atoms with E-state index in [0.29, 0.717) is 22.2 Å². The molecule has 0 aliphatic carbocycles. The van der Waals surface area contributed by atoms with Crippen molar-refractivity contribution in [2.24, 2.45) is 0 Å². The summed E-state index contributed by atoms with van der Waals surface area (Å²) in [5, 5.41) is 6.04. The van der Waals surface area contributed by atoms with E-state index in [1.807, 2.05) is 53.9 Å². The summed E-state index contributed by atoms with van der Waals surface area (Å²) in [4.78, 5) is 21.1. The first-order chi connectivity index (χ1) is 13.1. The largest absolute Gasteiger partial charge is 0.323 e. The molecule has 0 spiro atoms. The summed E-state index contributed by atoms with van der Waals surface area (Å²) >= 11 is 6.07. The van der Waals surface area contributed by atoms with Crippen molar-refractivity contribution in [2.75, 3.05) is 10.6 Å². The first-order valence-corrected chi connectivity index (χ1v) is 8.72. The fourth-order valence-corrected chi connectivity index (χ4v) is 3.05. The molecule has 27 heavy (non-hydrogen) atoms. The van der Waals surface area contributed by atoms with E-state index in [1.54, 1.807) is 24.4 Å². The second-order valence-corrected chi connectivity index (χ2v) is 6.38. The van der Waals surface area contributed by atoms with Gasteiger partial charge in [0.2, 0.25) is 5.78 Å². The first kappa shape index (κ1) is 17.1. The molecule has 2 aromatic carbocycles. The molecule has 0 radical (unpaired) electrons. The predicted octanol–water partition coefficient (Wildman–Crippen LogP) is 5.00. The molecule has 6 nitrogen and oxygen atoms in total. The van der Waals surface area contributed by atoms with Crippen LogP contribution in [0.5, 0.6) is 0 Å². The highest BCUT2D eigenvalue weighted by atomic mass is 35.5. The molecule has 134 valence electrons. The van der Waals surface area contributed by atoms with Gasteiger partial charge in [0.1, 0.15) is 0 Å². The van der Waals surface area contributed by atoms with Crippen molar-refractivity contribution in [1.29, 1.82) is 0 Å². The lowest BCUT2D eigenvalue weighted by molar-refractivity contribution is 0.262. The van der Waals surface area contributed by atoms with Gasteiger partial charge in [-0.15, -0.1) is 0 Å². The topological polar surface area (TPSA) is 71.3 Å². The van der Waals surface area contributed by atoms with Crippen molar-refractivity contribution in [2.45, 2.75) is 6.92 Å². The highest BCUT2D eigenvalue weighted by molar-refractivity contribution is 6.33. The van der Waals surface area contributed by atoms with E-state index in [4.69, 9.17) is 11.6 Å². The number of hydrogen-bond donors (Lipinski definition) is 2. The summed E-state index contributed by atoms with van der Waals surface area (Å²) in [7, 11) is 0. The lowest BCUT2D eigenvalue weighted by atomic mass is 10.1. The fourth-order valence-electron chi connectivity index (χ4n) is 2.87. The number of para-hydroxylation sites is 1. The second-order valence-electron chi connectivity index (χ2n) is 5.98. The lowest BCUT2D eigenvalue weighted by Gasteiger charge is -2.10. The number of carbonyl (C=O) groups excluding carboxylic acids is 1. The second kappa shape index (κ2) is 7.09. The molecule has 0 atom stereocenters. The smallest absolute Gasteiger partial charge is 0.308 e. The van der Waals surface area contributed by atoms with E-state index in [2.05, 4.69) is 20.6 Å². The number of rotatable bonds is 3. The van der Waals surface area contributed by atoms with Gasteiger partial charge in [0.05, 0.1) is 16.4 Å². The Kier molecular flexibility index (Phi) is 4.48. The van der Waals surface area contributed by atoms with Crippen molar-refractivity contribution in [3.8, 4) is 11.3 Å². The zero-order valence-corrected chi connectivity index (χ0v) is 15.2. The molecule has 2 heterocycles. The molecule has 7 heteroatoms. The first-order valence-electron chi connectivity index (χ1n) is 8.34. The van der Waals surface area contributed by atoms with Crippen LogP contribution in [0, 0.1) is 6.92 Å². The van der Waals surface area contributed by atoms with Crippen LogP contribution in [0.2, 0.25) is 5.02 Å². The molecule has 2 amide bonds. The van der Waals surface area contributed by atoms with Gasteiger partial charge in [-0.05, 0) is 37.3 Å². The normalized spacial score (nSPS) is 10.7. The van der Waals surface area contributed by atoms with Gasteiger partial charge in [0, 0.05) is 29.3 Å². The summed E-state index contributed by atoms with van der Waals surface area (Å²) < 4.78 is 1.93. The zero-order valence-electron chi connectivity index (χ0n) is 14.5. The number of urea groups is 1. The SMILES string of the molecule is Cc1c(-c2cccc(NC(=O)Nc3ccccc3Cl)c2)nc2ncccn12. The van der Waals surface area contributed by atoms with Crippen LogP contribution >= 0.6 is 11.6 Å². The number of amides is 2. The number of fused-ring (bicyclic) bond motifs is 1. The molecule has 2 aromatic heterocycles. The molecule has 4 aromatic rings. The summed E-state index contributed by atoms with van der Waals surface area (Å²) in [6, 6.07) is 16.1. The van der Waals surface area contributed by atoms with Crippen molar-refractivity contribution in [3.63, 3.8) is 0 Å². The number of nitrogens with one attached hydrogen (secondary N) is 2. The standard InChI is InChI=1S/C20H16ClN5O/c1-13-18(25-19-22-10-5-11-26(13)19)14-6-4-7-15(12-14)23-20(27)24-17-9-3-2-8-16(17)21/h2-12H,1H3,(H2,23,24,27). The third kappa shape index (κ3) is 3.47. The van der Waals surface area contributed by atoms with Crippen LogP contribution in [0.1, 0.15) is 5.69 Å². The number of benzene rings is 2. The number of anilines is 2. The highest BCUT2D eigenvalue weighted by Gasteiger charge is 2.12. The van der Waals surface area contributed by atoms with Crippen LogP contribution in [-0.2, 0) is 0 Å². The molecule has 2 N–H and O–H groups in total. The highest BCUT2D eigenvalue weighted by Crippen LogP contribution is 2.26. The zero-order chi connectivity index (χ0) is 18.8. The van der Waals surface area contributed by atoms with Gasteiger partial charge in [0.15, 0.2) is 0 Å². The Labute approximate surface area is 160 Å². The Morgan fingerprint density at radius 3 is 2.74 bits per heavy atom. The van der Waals surface area contributed by atoms with Crippen molar-refractivity contribution in [1.82, 2.24) is 14.4 Å². The van der Waals surface area contributed by atoms with Crippen LogP contribution in [0.3, 0.4) is 0 Å². The number of nitrogens with zero attached hydrogens (tertiary/aromatic N) is 3. The van der Waals surface area contributed by atoms with Gasteiger partial charge in [-0.2, -0.15) is 0 Å². The van der Waals surface area contributed by atoms with Crippen LogP contribution in [0.4, 0.5) is 16.2 Å². The minimum Gasteiger partial charge on any atom is -0.308 e. The van der Waals surface area contributed by atoms with Gasteiger partial charge in [-0.3, -0.25) is 4.40 Å². The minimum atomic E-state index is -0.367. The van der Waals surface area contributed by atoms with E-state index in [9.17, 15) is 4.79 Å². The minimum absolute atomic E-state index is 0.367. The van der Waals surface area contributed by atoms with E-state index in [1.165, 1.54) is 0 Å². The molecular formula is C20H16ClN5O.